The number of halogens is 1. The molecule has 1 aromatic heterocycles. The second-order valence-corrected chi connectivity index (χ2v) is 3.16. The van der Waals surface area contributed by atoms with E-state index in [1.54, 1.807) is 6.26 Å². The molecular formula is C9H14BrN3O2. The van der Waals surface area contributed by atoms with Crippen LogP contribution < -0.4 is 10.6 Å². The highest BCUT2D eigenvalue weighted by Gasteiger charge is 2.11. The van der Waals surface area contributed by atoms with Crippen LogP contribution >= 0.6 is 17.0 Å². The van der Waals surface area contributed by atoms with Gasteiger partial charge in [-0.2, -0.15) is 0 Å². The zero-order valence-corrected chi connectivity index (χ0v) is 9.85. The summed E-state index contributed by atoms with van der Waals surface area (Å²) < 4.78 is 5.15. The highest BCUT2D eigenvalue weighted by molar-refractivity contribution is 8.93. The number of β-amino-alcohol motifs (C(OH)–C–C–N with tert-alkyl or cyclic N) is 1. The lowest BCUT2D eigenvalue weighted by Gasteiger charge is -2.19. The van der Waals surface area contributed by atoms with Gasteiger partial charge in [0.25, 0.3) is 0 Å². The maximum absolute atomic E-state index is 9.16. The Morgan fingerprint density at radius 2 is 2.53 bits per heavy atom. The number of guanidine groups is 1. The number of nitrogens with one attached hydrogen (secondary N) is 2. The average Bonchev–Trinajstić information content (AvgIpc) is 2.70. The molecule has 1 unspecified atom stereocenters. The van der Waals surface area contributed by atoms with Crippen molar-refractivity contribution in [3.05, 3.63) is 24.2 Å². The van der Waals surface area contributed by atoms with Crippen LogP contribution in [-0.2, 0) is 6.54 Å². The molecule has 0 amide bonds. The summed E-state index contributed by atoms with van der Waals surface area (Å²) in [4.78, 5) is 4.11. The van der Waals surface area contributed by atoms with Crippen LogP contribution in [0, 0.1) is 0 Å². The molecule has 0 saturated heterocycles. The van der Waals surface area contributed by atoms with E-state index >= 15 is 0 Å². The number of aliphatic hydroxyl groups is 1. The van der Waals surface area contributed by atoms with E-state index in [0.717, 1.165) is 5.76 Å². The molecule has 0 fully saturated rings. The van der Waals surface area contributed by atoms with E-state index in [-0.39, 0.29) is 23.1 Å². The van der Waals surface area contributed by atoms with E-state index in [2.05, 4.69) is 15.6 Å². The van der Waals surface area contributed by atoms with Gasteiger partial charge in [0.1, 0.15) is 5.76 Å². The Morgan fingerprint density at radius 3 is 3.13 bits per heavy atom. The minimum Gasteiger partial charge on any atom is -0.467 e. The van der Waals surface area contributed by atoms with Gasteiger partial charge in [0.2, 0.25) is 0 Å². The molecule has 84 valence electrons. The molecule has 0 bridgehead atoms. The van der Waals surface area contributed by atoms with Crippen molar-refractivity contribution in [3.63, 3.8) is 0 Å². The van der Waals surface area contributed by atoms with Crippen molar-refractivity contribution in [3.8, 4) is 0 Å². The van der Waals surface area contributed by atoms with Crippen molar-refractivity contribution in [2.24, 2.45) is 4.99 Å². The Bertz CT molecular complexity index is 313. The van der Waals surface area contributed by atoms with Crippen LogP contribution in [0.3, 0.4) is 0 Å². The first kappa shape index (κ1) is 12.1. The van der Waals surface area contributed by atoms with Gasteiger partial charge in [-0.25, -0.2) is 0 Å². The minimum absolute atomic E-state index is 0. The number of nitrogens with zero attached hydrogens (tertiary/aromatic N) is 1. The first-order valence-electron chi connectivity index (χ1n) is 4.57. The Hall–Kier alpha value is -1.01. The number of aliphatic imine (C=N–C) groups is 1. The van der Waals surface area contributed by atoms with Crippen molar-refractivity contribution in [2.75, 3.05) is 13.1 Å². The lowest BCUT2D eigenvalue weighted by molar-refractivity contribution is 0.180. The quantitative estimate of drug-likeness (QED) is 0.725. The predicted octanol–water partition coefficient (Wildman–Crippen LogP) is 0.267. The molecule has 0 aromatic carbocycles. The van der Waals surface area contributed by atoms with Gasteiger partial charge >= 0.3 is 0 Å². The fourth-order valence-corrected chi connectivity index (χ4v) is 1.23. The van der Waals surface area contributed by atoms with Gasteiger partial charge in [0.05, 0.1) is 25.5 Å². The number of hydrogen-bond acceptors (Lipinski definition) is 5. The zero-order valence-electron chi connectivity index (χ0n) is 8.14. The third kappa shape index (κ3) is 3.56. The minimum atomic E-state index is -0.371. The van der Waals surface area contributed by atoms with E-state index in [0.29, 0.717) is 25.6 Å². The first-order valence-corrected chi connectivity index (χ1v) is 4.57. The normalized spacial score (nSPS) is 19.8. The van der Waals surface area contributed by atoms with E-state index < -0.39 is 0 Å². The summed E-state index contributed by atoms with van der Waals surface area (Å²) in [7, 11) is 0. The molecule has 1 aliphatic rings. The second kappa shape index (κ2) is 5.77. The molecule has 0 spiro atoms. The average molecular weight is 276 g/mol. The van der Waals surface area contributed by atoms with Crippen molar-refractivity contribution in [1.82, 2.24) is 10.6 Å². The molecule has 2 rings (SSSR count). The number of furan rings is 1. The number of aliphatic hydroxyl groups excluding tert-OH is 1. The fourth-order valence-electron chi connectivity index (χ4n) is 1.23. The van der Waals surface area contributed by atoms with Crippen LogP contribution in [-0.4, -0.2) is 30.3 Å². The molecule has 5 nitrogen and oxygen atoms in total. The van der Waals surface area contributed by atoms with Crippen molar-refractivity contribution in [2.45, 2.75) is 12.6 Å². The Kier molecular flexibility index (Phi) is 4.64. The lowest BCUT2D eigenvalue weighted by Crippen LogP contribution is -2.45. The monoisotopic (exact) mass is 275 g/mol. The fraction of sp³-hybridized carbons (Fsp3) is 0.444. The molecule has 0 radical (unpaired) electrons. The van der Waals surface area contributed by atoms with Gasteiger partial charge in [0.15, 0.2) is 5.96 Å². The summed E-state index contributed by atoms with van der Waals surface area (Å²) in [6, 6.07) is 3.74. The molecule has 0 saturated carbocycles. The third-order valence-corrected chi connectivity index (χ3v) is 1.98. The van der Waals surface area contributed by atoms with Crippen LogP contribution in [0.5, 0.6) is 0 Å². The smallest absolute Gasteiger partial charge is 0.191 e. The Labute approximate surface area is 98.3 Å². The molecule has 1 aliphatic heterocycles. The molecular weight excluding hydrogens is 262 g/mol. The summed E-state index contributed by atoms with van der Waals surface area (Å²) in [5.74, 6) is 1.58. The summed E-state index contributed by atoms with van der Waals surface area (Å²) in [6.45, 7) is 1.60. The van der Waals surface area contributed by atoms with E-state index in [9.17, 15) is 0 Å². The summed E-state index contributed by atoms with van der Waals surface area (Å²) in [5, 5.41) is 15.2. The van der Waals surface area contributed by atoms with Crippen molar-refractivity contribution < 1.29 is 9.52 Å². The molecule has 1 aromatic rings. The maximum Gasteiger partial charge on any atom is 0.191 e. The van der Waals surface area contributed by atoms with Gasteiger partial charge in [-0.1, -0.05) is 0 Å². The first-order chi connectivity index (χ1) is 6.84. The SMILES string of the molecule is Br.OC1CN=C(NCc2ccco2)NC1. The van der Waals surface area contributed by atoms with Crippen LogP contribution in [0.15, 0.2) is 27.8 Å². The van der Waals surface area contributed by atoms with Gasteiger partial charge in [-0.15, -0.1) is 17.0 Å². The van der Waals surface area contributed by atoms with E-state index in [1.807, 2.05) is 12.1 Å². The number of hydrogen-bond donors (Lipinski definition) is 3. The van der Waals surface area contributed by atoms with Gasteiger partial charge < -0.3 is 20.2 Å². The highest BCUT2D eigenvalue weighted by Crippen LogP contribution is 1.98. The Morgan fingerprint density at radius 1 is 1.67 bits per heavy atom. The summed E-state index contributed by atoms with van der Waals surface area (Å²) in [6.07, 6.45) is 1.26. The van der Waals surface area contributed by atoms with E-state index in [4.69, 9.17) is 9.52 Å². The largest absolute Gasteiger partial charge is 0.467 e. The molecule has 15 heavy (non-hydrogen) atoms. The summed E-state index contributed by atoms with van der Waals surface area (Å²) >= 11 is 0. The summed E-state index contributed by atoms with van der Waals surface area (Å²) in [5.41, 5.74) is 0. The van der Waals surface area contributed by atoms with E-state index in [1.165, 1.54) is 0 Å². The van der Waals surface area contributed by atoms with Gasteiger partial charge in [0, 0.05) is 6.54 Å². The molecule has 2 heterocycles. The number of rotatable bonds is 2. The van der Waals surface area contributed by atoms with Crippen LogP contribution in [0.1, 0.15) is 5.76 Å². The molecule has 0 aliphatic carbocycles. The lowest BCUT2D eigenvalue weighted by atomic mass is 10.3. The third-order valence-electron chi connectivity index (χ3n) is 1.98. The molecule has 3 N–H and O–H groups in total. The standard InChI is InChI=1S/C9H13N3O2.BrH/c13-7-4-10-9(11-5-7)12-6-8-2-1-3-14-8;/h1-3,7,13H,4-6H2,(H2,10,11,12);1H. The molecule has 1 atom stereocenters. The van der Waals surface area contributed by atoms with Crippen LogP contribution in [0.25, 0.3) is 0 Å². The van der Waals surface area contributed by atoms with Crippen LogP contribution in [0.4, 0.5) is 0 Å². The van der Waals surface area contributed by atoms with Crippen LogP contribution in [0.2, 0.25) is 0 Å². The second-order valence-electron chi connectivity index (χ2n) is 3.16. The predicted molar refractivity (Wildman–Crippen MR) is 62.2 cm³/mol. The maximum atomic E-state index is 9.16. The topological polar surface area (TPSA) is 69.8 Å². The molecule has 6 heteroatoms. The van der Waals surface area contributed by atoms with Gasteiger partial charge in [-0.3, -0.25) is 4.99 Å². The zero-order chi connectivity index (χ0) is 9.80. The van der Waals surface area contributed by atoms with Gasteiger partial charge in [-0.05, 0) is 12.1 Å². The van der Waals surface area contributed by atoms with Crippen molar-refractivity contribution >= 4 is 22.9 Å². The van der Waals surface area contributed by atoms with Crippen molar-refractivity contribution in [1.29, 1.82) is 0 Å². The highest BCUT2D eigenvalue weighted by atomic mass is 79.9. The Balaban J connectivity index is 0.00000112.